The molecule has 0 aromatic rings. The lowest BCUT2D eigenvalue weighted by atomic mass is 9.99. The SMILES string of the molecule is CCCC1CC(N2CCC(NC)C2)CCO1. The molecule has 94 valence electrons. The van der Waals surface area contributed by atoms with E-state index in [1.807, 2.05) is 0 Å². The highest BCUT2D eigenvalue weighted by Crippen LogP contribution is 2.25. The van der Waals surface area contributed by atoms with Crippen molar-refractivity contribution < 1.29 is 4.74 Å². The van der Waals surface area contributed by atoms with Crippen molar-refractivity contribution in [1.29, 1.82) is 0 Å². The predicted molar refractivity (Wildman–Crippen MR) is 66.7 cm³/mol. The number of hydrogen-bond acceptors (Lipinski definition) is 3. The first-order valence-electron chi connectivity index (χ1n) is 6.86. The fraction of sp³-hybridized carbons (Fsp3) is 1.00. The van der Waals surface area contributed by atoms with Crippen molar-refractivity contribution in [2.45, 2.75) is 57.2 Å². The fourth-order valence-corrected chi connectivity index (χ4v) is 3.07. The van der Waals surface area contributed by atoms with Crippen molar-refractivity contribution >= 4 is 0 Å². The Bertz CT molecular complexity index is 208. The van der Waals surface area contributed by atoms with Gasteiger partial charge in [-0.05, 0) is 32.7 Å². The summed E-state index contributed by atoms with van der Waals surface area (Å²) in [7, 11) is 2.08. The molecule has 0 bridgehead atoms. The van der Waals surface area contributed by atoms with Gasteiger partial charge in [0.2, 0.25) is 0 Å². The maximum absolute atomic E-state index is 5.82. The quantitative estimate of drug-likeness (QED) is 0.788. The second kappa shape index (κ2) is 5.99. The van der Waals surface area contributed by atoms with E-state index in [0.717, 1.165) is 12.6 Å². The van der Waals surface area contributed by atoms with Gasteiger partial charge < -0.3 is 10.1 Å². The predicted octanol–water partition coefficient (Wildman–Crippen LogP) is 1.63. The number of nitrogens with one attached hydrogen (secondary N) is 1. The Balaban J connectivity index is 1.80. The van der Waals surface area contributed by atoms with Gasteiger partial charge in [-0.25, -0.2) is 0 Å². The van der Waals surface area contributed by atoms with Crippen LogP contribution in [0.1, 0.15) is 39.0 Å². The molecule has 16 heavy (non-hydrogen) atoms. The van der Waals surface area contributed by atoms with Crippen LogP contribution < -0.4 is 5.32 Å². The minimum absolute atomic E-state index is 0.525. The molecule has 1 N–H and O–H groups in total. The van der Waals surface area contributed by atoms with E-state index >= 15 is 0 Å². The van der Waals surface area contributed by atoms with Crippen LogP contribution in [0.15, 0.2) is 0 Å². The molecule has 0 saturated carbocycles. The summed E-state index contributed by atoms with van der Waals surface area (Å²) in [6.45, 7) is 5.73. The Morgan fingerprint density at radius 3 is 2.94 bits per heavy atom. The monoisotopic (exact) mass is 226 g/mol. The second-order valence-electron chi connectivity index (χ2n) is 5.23. The summed E-state index contributed by atoms with van der Waals surface area (Å²) in [5.74, 6) is 0. The van der Waals surface area contributed by atoms with Gasteiger partial charge in [0, 0.05) is 31.8 Å². The lowest BCUT2D eigenvalue weighted by Gasteiger charge is -2.35. The summed E-state index contributed by atoms with van der Waals surface area (Å²) < 4.78 is 5.82. The van der Waals surface area contributed by atoms with Gasteiger partial charge in [-0.15, -0.1) is 0 Å². The Hall–Kier alpha value is -0.120. The molecule has 0 aliphatic carbocycles. The van der Waals surface area contributed by atoms with E-state index in [1.54, 1.807) is 0 Å². The van der Waals surface area contributed by atoms with Gasteiger partial charge in [0.05, 0.1) is 6.10 Å². The van der Waals surface area contributed by atoms with Gasteiger partial charge >= 0.3 is 0 Å². The zero-order valence-electron chi connectivity index (χ0n) is 10.7. The molecular weight excluding hydrogens is 200 g/mol. The van der Waals surface area contributed by atoms with Crippen LogP contribution in [0.2, 0.25) is 0 Å². The first-order valence-corrected chi connectivity index (χ1v) is 6.86. The molecule has 2 heterocycles. The van der Waals surface area contributed by atoms with Crippen molar-refractivity contribution in [1.82, 2.24) is 10.2 Å². The van der Waals surface area contributed by atoms with E-state index in [9.17, 15) is 0 Å². The molecule has 0 radical (unpaired) electrons. The van der Waals surface area contributed by atoms with Crippen LogP contribution in [0.5, 0.6) is 0 Å². The number of likely N-dealkylation sites (N-methyl/N-ethyl adjacent to an activating group) is 1. The van der Waals surface area contributed by atoms with Crippen LogP contribution in [0.25, 0.3) is 0 Å². The molecule has 2 aliphatic heterocycles. The molecule has 0 aromatic carbocycles. The third kappa shape index (κ3) is 2.96. The summed E-state index contributed by atoms with van der Waals surface area (Å²) in [6.07, 6.45) is 6.81. The third-order valence-electron chi connectivity index (χ3n) is 4.09. The average molecular weight is 226 g/mol. The molecule has 0 aromatic heterocycles. The Kier molecular flexibility index (Phi) is 4.62. The molecule has 3 nitrogen and oxygen atoms in total. The van der Waals surface area contributed by atoms with Crippen molar-refractivity contribution in [2.75, 3.05) is 26.7 Å². The van der Waals surface area contributed by atoms with E-state index in [2.05, 4.69) is 24.2 Å². The molecule has 0 spiro atoms. The molecule has 3 unspecified atom stereocenters. The minimum atomic E-state index is 0.525. The van der Waals surface area contributed by atoms with Crippen molar-refractivity contribution in [2.24, 2.45) is 0 Å². The maximum Gasteiger partial charge on any atom is 0.0590 e. The lowest BCUT2D eigenvalue weighted by Crippen LogP contribution is -2.42. The smallest absolute Gasteiger partial charge is 0.0590 e. The maximum atomic E-state index is 5.82. The normalized spacial score (nSPS) is 36.8. The highest BCUT2D eigenvalue weighted by atomic mass is 16.5. The van der Waals surface area contributed by atoms with Gasteiger partial charge in [0.25, 0.3) is 0 Å². The highest BCUT2D eigenvalue weighted by molar-refractivity contribution is 4.87. The van der Waals surface area contributed by atoms with Crippen LogP contribution in [0.3, 0.4) is 0 Å². The van der Waals surface area contributed by atoms with Crippen molar-refractivity contribution in [3.63, 3.8) is 0 Å². The highest BCUT2D eigenvalue weighted by Gasteiger charge is 2.31. The number of hydrogen-bond donors (Lipinski definition) is 1. The topological polar surface area (TPSA) is 24.5 Å². The minimum Gasteiger partial charge on any atom is -0.378 e. The molecule has 2 rings (SSSR count). The van der Waals surface area contributed by atoms with Crippen molar-refractivity contribution in [3.8, 4) is 0 Å². The lowest BCUT2D eigenvalue weighted by molar-refractivity contribution is -0.0265. The average Bonchev–Trinajstić information content (AvgIpc) is 2.78. The molecule has 3 heteroatoms. The first-order chi connectivity index (χ1) is 7.83. The van der Waals surface area contributed by atoms with E-state index < -0.39 is 0 Å². The summed E-state index contributed by atoms with van der Waals surface area (Å²) in [5.41, 5.74) is 0. The Morgan fingerprint density at radius 1 is 1.38 bits per heavy atom. The van der Waals surface area contributed by atoms with Crippen LogP contribution in [0.4, 0.5) is 0 Å². The van der Waals surface area contributed by atoms with Crippen LogP contribution in [-0.4, -0.2) is 49.8 Å². The Labute approximate surface area is 99.5 Å². The van der Waals surface area contributed by atoms with Gasteiger partial charge in [-0.3, -0.25) is 4.90 Å². The number of rotatable bonds is 4. The van der Waals surface area contributed by atoms with E-state index in [-0.39, 0.29) is 0 Å². The summed E-state index contributed by atoms with van der Waals surface area (Å²) >= 11 is 0. The zero-order chi connectivity index (χ0) is 11.4. The first kappa shape index (κ1) is 12.3. The van der Waals surface area contributed by atoms with Gasteiger partial charge in [0.1, 0.15) is 0 Å². The van der Waals surface area contributed by atoms with E-state index in [1.165, 1.54) is 45.2 Å². The number of likely N-dealkylation sites (tertiary alicyclic amines) is 1. The Morgan fingerprint density at radius 2 is 2.25 bits per heavy atom. The molecule has 2 fully saturated rings. The standard InChI is InChI=1S/C13H26N2O/c1-3-4-13-9-12(6-8-16-13)15-7-5-11(10-15)14-2/h11-14H,3-10H2,1-2H3. The summed E-state index contributed by atoms with van der Waals surface area (Å²) in [4.78, 5) is 2.67. The number of nitrogens with zero attached hydrogens (tertiary/aromatic N) is 1. The zero-order valence-corrected chi connectivity index (χ0v) is 10.7. The summed E-state index contributed by atoms with van der Waals surface area (Å²) in [6, 6.07) is 1.50. The second-order valence-corrected chi connectivity index (χ2v) is 5.23. The van der Waals surface area contributed by atoms with E-state index in [0.29, 0.717) is 12.1 Å². The molecular formula is C13H26N2O. The largest absolute Gasteiger partial charge is 0.378 e. The fourth-order valence-electron chi connectivity index (χ4n) is 3.07. The van der Waals surface area contributed by atoms with Crippen LogP contribution in [0, 0.1) is 0 Å². The third-order valence-corrected chi connectivity index (χ3v) is 4.09. The van der Waals surface area contributed by atoms with Gasteiger partial charge in [-0.2, -0.15) is 0 Å². The molecule has 3 atom stereocenters. The van der Waals surface area contributed by atoms with E-state index in [4.69, 9.17) is 4.74 Å². The van der Waals surface area contributed by atoms with Crippen molar-refractivity contribution in [3.05, 3.63) is 0 Å². The molecule has 2 saturated heterocycles. The number of ether oxygens (including phenoxy) is 1. The molecule has 2 aliphatic rings. The van der Waals surface area contributed by atoms with Crippen LogP contribution in [-0.2, 0) is 4.74 Å². The molecule has 0 amide bonds. The van der Waals surface area contributed by atoms with Crippen LogP contribution >= 0.6 is 0 Å². The van der Waals surface area contributed by atoms with Gasteiger partial charge in [0.15, 0.2) is 0 Å². The van der Waals surface area contributed by atoms with Gasteiger partial charge in [-0.1, -0.05) is 13.3 Å². The summed E-state index contributed by atoms with van der Waals surface area (Å²) in [5, 5.41) is 3.40.